The van der Waals surface area contributed by atoms with Gasteiger partial charge in [-0.05, 0) is 86.9 Å². The van der Waals surface area contributed by atoms with E-state index < -0.39 is 0 Å². The van der Waals surface area contributed by atoms with Crippen LogP contribution in [0.2, 0.25) is 0 Å². The molecular weight excluding hydrogens is 679 g/mol. The van der Waals surface area contributed by atoms with E-state index in [9.17, 15) is 0 Å². The van der Waals surface area contributed by atoms with Gasteiger partial charge in [0.25, 0.3) is 0 Å². The zero-order valence-corrected chi connectivity index (χ0v) is 30.4. The fraction of sp³-hybridized carbons (Fsp3) is 0. The fourth-order valence-electron chi connectivity index (χ4n) is 9.14. The van der Waals surface area contributed by atoms with Crippen LogP contribution in [0.15, 0.2) is 200 Å². The Morgan fingerprint density at radius 1 is 0.268 bits per heavy atom. The van der Waals surface area contributed by atoms with Crippen LogP contribution in [0.3, 0.4) is 0 Å². The summed E-state index contributed by atoms with van der Waals surface area (Å²) in [6.07, 6.45) is 0. The first-order chi connectivity index (χ1) is 27.8. The summed E-state index contributed by atoms with van der Waals surface area (Å²) in [7, 11) is 0. The molecule has 9 aromatic carbocycles. The summed E-state index contributed by atoms with van der Waals surface area (Å²) in [6.45, 7) is 0. The highest BCUT2D eigenvalue weighted by atomic mass is 15.1. The smallest absolute Gasteiger partial charge is 0.138 e. The van der Waals surface area contributed by atoms with Crippen molar-refractivity contribution in [3.63, 3.8) is 0 Å². The first kappa shape index (κ1) is 30.9. The van der Waals surface area contributed by atoms with Gasteiger partial charge in [0.05, 0.1) is 27.6 Å². The van der Waals surface area contributed by atoms with E-state index in [0.717, 1.165) is 28.1 Å². The Balaban J connectivity index is 1.08. The summed E-state index contributed by atoms with van der Waals surface area (Å²) in [5.41, 5.74) is 11.6. The van der Waals surface area contributed by atoms with Gasteiger partial charge in [0.15, 0.2) is 0 Å². The molecule has 260 valence electrons. The highest BCUT2D eigenvalue weighted by Crippen LogP contribution is 2.41. The standard InChI is InChI=1S/C53H33N3/c1-2-13-34(14-3-1)35-25-27-36(28-26-35)37-15-12-16-38(31-37)55-48-23-10-8-20-42(48)46-33-51-47(32-50(46)55)43-21-9-11-24-49(43)56(51)52-30-29-45-41-19-5-4-17-39(41)40-18-6-7-22-44(40)53(45)54-52/h1-33H. The summed E-state index contributed by atoms with van der Waals surface area (Å²) in [6, 6.07) is 72.6. The molecule has 0 aliphatic heterocycles. The second kappa shape index (κ2) is 12.0. The Kier molecular flexibility index (Phi) is 6.63. The van der Waals surface area contributed by atoms with Crippen LogP contribution in [0.1, 0.15) is 0 Å². The van der Waals surface area contributed by atoms with Crippen LogP contribution in [0, 0.1) is 0 Å². The van der Waals surface area contributed by atoms with Gasteiger partial charge in [-0.2, -0.15) is 0 Å². The molecule has 3 aromatic heterocycles. The van der Waals surface area contributed by atoms with Crippen molar-refractivity contribution in [2.75, 3.05) is 0 Å². The van der Waals surface area contributed by atoms with E-state index in [2.05, 4.69) is 209 Å². The van der Waals surface area contributed by atoms with Gasteiger partial charge in [-0.25, -0.2) is 4.98 Å². The van der Waals surface area contributed by atoms with Gasteiger partial charge in [0.1, 0.15) is 5.82 Å². The van der Waals surface area contributed by atoms with Gasteiger partial charge in [-0.15, -0.1) is 0 Å². The molecule has 0 spiro atoms. The molecule has 0 fully saturated rings. The quantitative estimate of drug-likeness (QED) is 0.167. The second-order valence-corrected chi connectivity index (χ2v) is 14.7. The van der Waals surface area contributed by atoms with E-state index in [1.165, 1.54) is 81.8 Å². The van der Waals surface area contributed by atoms with Crippen LogP contribution in [-0.2, 0) is 0 Å². The SMILES string of the molecule is c1ccc(-c2ccc(-c3cccc(-n4c5ccccc5c5cc6c(cc54)c4ccccc4n6-c4ccc5c6ccccc6c6ccccc6c5n4)c3)cc2)cc1. The Hall–Kier alpha value is -7.49. The minimum Gasteiger partial charge on any atom is -0.309 e. The molecule has 3 heteroatoms. The van der Waals surface area contributed by atoms with Crippen molar-refractivity contribution in [2.45, 2.75) is 0 Å². The van der Waals surface area contributed by atoms with Gasteiger partial charge in [0, 0.05) is 38.0 Å². The van der Waals surface area contributed by atoms with E-state index in [1.807, 2.05) is 0 Å². The van der Waals surface area contributed by atoms with Crippen LogP contribution >= 0.6 is 0 Å². The molecule has 0 N–H and O–H groups in total. The second-order valence-electron chi connectivity index (χ2n) is 14.7. The monoisotopic (exact) mass is 711 g/mol. The zero-order chi connectivity index (χ0) is 36.7. The Morgan fingerprint density at radius 3 is 1.39 bits per heavy atom. The Morgan fingerprint density at radius 2 is 0.732 bits per heavy atom. The maximum atomic E-state index is 5.51. The Labute approximate surface area is 322 Å². The number of rotatable bonds is 4. The van der Waals surface area contributed by atoms with Gasteiger partial charge < -0.3 is 4.57 Å². The highest BCUT2D eigenvalue weighted by molar-refractivity contribution is 6.24. The lowest BCUT2D eigenvalue weighted by Crippen LogP contribution is -1.98. The van der Waals surface area contributed by atoms with E-state index >= 15 is 0 Å². The Bertz CT molecular complexity index is 3480. The molecule has 3 nitrogen and oxygen atoms in total. The largest absolute Gasteiger partial charge is 0.309 e. The van der Waals surface area contributed by atoms with Crippen LogP contribution in [-0.4, -0.2) is 14.1 Å². The molecular formula is C53H33N3. The van der Waals surface area contributed by atoms with Crippen molar-refractivity contribution in [2.24, 2.45) is 0 Å². The van der Waals surface area contributed by atoms with Gasteiger partial charge in [-0.1, -0.05) is 152 Å². The van der Waals surface area contributed by atoms with Gasteiger partial charge in [-0.3, -0.25) is 4.57 Å². The maximum Gasteiger partial charge on any atom is 0.138 e. The van der Waals surface area contributed by atoms with E-state index in [-0.39, 0.29) is 0 Å². The normalized spacial score (nSPS) is 11.9. The summed E-state index contributed by atoms with van der Waals surface area (Å²) >= 11 is 0. The van der Waals surface area contributed by atoms with E-state index in [1.54, 1.807) is 0 Å². The fourth-order valence-corrected chi connectivity index (χ4v) is 9.14. The number of nitrogens with zero attached hydrogens (tertiary/aromatic N) is 3. The maximum absolute atomic E-state index is 5.51. The van der Waals surface area contributed by atoms with E-state index in [4.69, 9.17) is 4.98 Å². The topological polar surface area (TPSA) is 22.8 Å². The molecule has 0 unspecified atom stereocenters. The first-order valence-corrected chi connectivity index (χ1v) is 19.2. The van der Waals surface area contributed by atoms with Crippen molar-refractivity contribution < 1.29 is 0 Å². The van der Waals surface area contributed by atoms with Gasteiger partial charge in [0.2, 0.25) is 0 Å². The summed E-state index contributed by atoms with van der Waals surface area (Å²) in [5.74, 6) is 0.915. The lowest BCUT2D eigenvalue weighted by atomic mass is 9.97. The van der Waals surface area contributed by atoms with E-state index in [0.29, 0.717) is 0 Å². The predicted molar refractivity (Wildman–Crippen MR) is 236 cm³/mol. The number of para-hydroxylation sites is 2. The first-order valence-electron chi connectivity index (χ1n) is 19.2. The third-order valence-electron chi connectivity index (χ3n) is 11.7. The number of pyridine rings is 1. The number of hydrogen-bond acceptors (Lipinski definition) is 1. The molecule has 0 aliphatic rings. The summed E-state index contributed by atoms with van der Waals surface area (Å²) in [4.78, 5) is 5.51. The molecule has 12 aromatic rings. The van der Waals surface area contributed by atoms with Crippen molar-refractivity contribution >= 4 is 76.1 Å². The molecule has 56 heavy (non-hydrogen) atoms. The molecule has 0 saturated heterocycles. The lowest BCUT2D eigenvalue weighted by molar-refractivity contribution is 1.10. The molecule has 12 rings (SSSR count). The van der Waals surface area contributed by atoms with Crippen LogP contribution in [0.4, 0.5) is 0 Å². The molecule has 0 amide bonds. The summed E-state index contributed by atoms with van der Waals surface area (Å²) in [5, 5.41) is 10.9. The number of fused-ring (bicyclic) bond motifs is 12. The minimum atomic E-state index is 0.915. The minimum absolute atomic E-state index is 0.915. The number of hydrogen-bond donors (Lipinski definition) is 0. The highest BCUT2D eigenvalue weighted by Gasteiger charge is 2.20. The van der Waals surface area contributed by atoms with Crippen LogP contribution in [0.25, 0.3) is 110 Å². The third kappa shape index (κ3) is 4.55. The van der Waals surface area contributed by atoms with Crippen molar-refractivity contribution in [1.82, 2.24) is 14.1 Å². The van der Waals surface area contributed by atoms with Crippen molar-refractivity contribution in [3.05, 3.63) is 200 Å². The average molecular weight is 712 g/mol. The number of aromatic nitrogens is 3. The molecule has 0 radical (unpaired) electrons. The molecule has 0 aliphatic carbocycles. The lowest BCUT2D eigenvalue weighted by Gasteiger charge is -2.13. The summed E-state index contributed by atoms with van der Waals surface area (Å²) < 4.78 is 4.79. The van der Waals surface area contributed by atoms with Crippen molar-refractivity contribution in [1.29, 1.82) is 0 Å². The van der Waals surface area contributed by atoms with Crippen LogP contribution < -0.4 is 0 Å². The predicted octanol–water partition coefficient (Wildman–Crippen LogP) is 14.1. The molecule has 0 saturated carbocycles. The number of benzene rings is 9. The van der Waals surface area contributed by atoms with Gasteiger partial charge >= 0.3 is 0 Å². The molecule has 3 heterocycles. The molecule has 0 atom stereocenters. The average Bonchev–Trinajstić information content (AvgIpc) is 3.78. The third-order valence-corrected chi connectivity index (χ3v) is 11.7. The van der Waals surface area contributed by atoms with Crippen molar-refractivity contribution in [3.8, 4) is 33.8 Å². The molecule has 0 bridgehead atoms. The zero-order valence-electron chi connectivity index (χ0n) is 30.4. The van der Waals surface area contributed by atoms with Crippen LogP contribution in [0.5, 0.6) is 0 Å².